The monoisotopic (exact) mass is 476 g/mol. The number of halogens is 1. The molecule has 1 N–H and O–H groups in total. The number of fused-ring (bicyclic) bond motifs is 1. The average molecular weight is 477 g/mol. The minimum atomic E-state index is -1.17. The number of rotatable bonds is 4. The summed E-state index contributed by atoms with van der Waals surface area (Å²) in [5, 5.41) is 12.9. The molecular formula is C23H17BrN4O3. The lowest BCUT2D eigenvalue weighted by Gasteiger charge is -2.22. The van der Waals surface area contributed by atoms with E-state index in [1.165, 1.54) is 0 Å². The Balaban J connectivity index is 1.40. The lowest BCUT2D eigenvalue weighted by Crippen LogP contribution is -2.40. The number of carbonyl (C=O) groups is 2. The van der Waals surface area contributed by atoms with Crippen LogP contribution in [0.2, 0.25) is 0 Å². The van der Waals surface area contributed by atoms with E-state index in [-0.39, 0.29) is 18.3 Å². The predicted molar refractivity (Wildman–Crippen MR) is 118 cm³/mol. The molecule has 0 bridgehead atoms. The molecule has 0 aliphatic carbocycles. The maximum atomic E-state index is 13.2. The van der Waals surface area contributed by atoms with Crippen LogP contribution >= 0.6 is 15.9 Å². The van der Waals surface area contributed by atoms with Crippen molar-refractivity contribution < 1.29 is 14.0 Å². The molecule has 1 saturated heterocycles. The zero-order valence-corrected chi connectivity index (χ0v) is 18.1. The standard InChI is InChI=1S/C23H17BrN4O3/c1-23(17-9-6-14-4-2-3-5-16(14)12-17)21(29)28(22(30)25-23)13-19-26-27-20(31-19)15-7-10-18(24)11-8-15/h2-12H,13H2,1H3,(H,25,30). The smallest absolute Gasteiger partial charge is 0.325 e. The van der Waals surface area contributed by atoms with Gasteiger partial charge in [-0.2, -0.15) is 0 Å². The Morgan fingerprint density at radius 1 is 1.00 bits per heavy atom. The summed E-state index contributed by atoms with van der Waals surface area (Å²) in [5.74, 6) is 0.146. The Hall–Kier alpha value is -3.52. The van der Waals surface area contributed by atoms with Gasteiger partial charge >= 0.3 is 6.03 Å². The van der Waals surface area contributed by atoms with E-state index in [1.54, 1.807) is 6.92 Å². The minimum Gasteiger partial charge on any atom is -0.419 e. The largest absolute Gasteiger partial charge is 0.419 e. The molecule has 3 amide bonds. The summed E-state index contributed by atoms with van der Waals surface area (Å²) in [6, 6.07) is 20.5. The van der Waals surface area contributed by atoms with E-state index in [0.29, 0.717) is 11.5 Å². The van der Waals surface area contributed by atoms with Crippen molar-refractivity contribution in [3.8, 4) is 11.5 Å². The topological polar surface area (TPSA) is 88.3 Å². The summed E-state index contributed by atoms with van der Waals surface area (Å²) < 4.78 is 6.62. The minimum absolute atomic E-state index is 0.0998. The zero-order valence-electron chi connectivity index (χ0n) is 16.5. The Morgan fingerprint density at radius 2 is 1.74 bits per heavy atom. The first kappa shape index (κ1) is 19.4. The molecule has 7 nitrogen and oxygen atoms in total. The number of amides is 3. The molecule has 5 rings (SSSR count). The Morgan fingerprint density at radius 3 is 2.52 bits per heavy atom. The van der Waals surface area contributed by atoms with E-state index in [0.717, 1.165) is 25.7 Å². The maximum Gasteiger partial charge on any atom is 0.325 e. The van der Waals surface area contributed by atoms with Crippen LogP contribution in [0, 0.1) is 0 Å². The number of carbonyl (C=O) groups excluding carboxylic acids is 2. The second kappa shape index (κ2) is 7.31. The molecule has 1 aromatic heterocycles. The van der Waals surface area contributed by atoms with Crippen LogP contribution in [0.3, 0.4) is 0 Å². The molecule has 0 saturated carbocycles. The highest BCUT2D eigenvalue weighted by molar-refractivity contribution is 9.10. The van der Waals surface area contributed by atoms with Crippen molar-refractivity contribution in [2.24, 2.45) is 0 Å². The van der Waals surface area contributed by atoms with Crippen molar-refractivity contribution in [2.75, 3.05) is 0 Å². The molecule has 0 radical (unpaired) electrons. The fraction of sp³-hybridized carbons (Fsp3) is 0.130. The molecule has 31 heavy (non-hydrogen) atoms. The van der Waals surface area contributed by atoms with Crippen LogP contribution in [0.15, 0.2) is 75.6 Å². The van der Waals surface area contributed by atoms with Crippen molar-refractivity contribution in [3.63, 3.8) is 0 Å². The second-order valence-electron chi connectivity index (χ2n) is 7.52. The van der Waals surface area contributed by atoms with Crippen molar-refractivity contribution in [2.45, 2.75) is 19.0 Å². The van der Waals surface area contributed by atoms with E-state index >= 15 is 0 Å². The molecule has 154 valence electrons. The summed E-state index contributed by atoms with van der Waals surface area (Å²) >= 11 is 3.38. The van der Waals surface area contributed by atoms with E-state index in [2.05, 4.69) is 31.4 Å². The summed E-state index contributed by atoms with van der Waals surface area (Å²) in [7, 11) is 0. The fourth-order valence-corrected chi connectivity index (χ4v) is 3.96. The number of nitrogens with zero attached hydrogens (tertiary/aromatic N) is 3. The Labute approximate surface area is 186 Å². The SMILES string of the molecule is CC1(c2ccc3ccccc3c2)NC(=O)N(Cc2nnc(-c3ccc(Br)cc3)o2)C1=O. The van der Waals surface area contributed by atoms with Gasteiger partial charge in [0.1, 0.15) is 12.1 Å². The zero-order chi connectivity index (χ0) is 21.6. The molecule has 2 heterocycles. The molecule has 8 heteroatoms. The van der Waals surface area contributed by atoms with Crippen LogP contribution in [0.4, 0.5) is 4.79 Å². The van der Waals surface area contributed by atoms with Crippen molar-refractivity contribution in [1.82, 2.24) is 20.4 Å². The van der Waals surface area contributed by atoms with Gasteiger partial charge in [-0.25, -0.2) is 4.79 Å². The van der Waals surface area contributed by atoms with Crippen molar-refractivity contribution >= 4 is 38.6 Å². The summed E-state index contributed by atoms with van der Waals surface area (Å²) in [5.41, 5.74) is 0.295. The lowest BCUT2D eigenvalue weighted by molar-refractivity contribution is -0.131. The number of nitrogens with one attached hydrogen (secondary N) is 1. The molecule has 1 fully saturated rings. The average Bonchev–Trinajstić information content (AvgIpc) is 3.33. The van der Waals surface area contributed by atoms with E-state index in [9.17, 15) is 9.59 Å². The highest BCUT2D eigenvalue weighted by atomic mass is 79.9. The lowest BCUT2D eigenvalue weighted by atomic mass is 9.90. The molecule has 0 spiro atoms. The van der Waals surface area contributed by atoms with Crippen molar-refractivity contribution in [3.05, 3.63) is 82.7 Å². The molecule has 1 aliphatic rings. The number of benzene rings is 3. The van der Waals surface area contributed by atoms with Gasteiger partial charge in [-0.05, 0) is 53.6 Å². The van der Waals surface area contributed by atoms with Crippen LogP contribution in [-0.2, 0) is 16.9 Å². The predicted octanol–water partition coefficient (Wildman–Crippen LogP) is 4.62. The van der Waals surface area contributed by atoms with Crippen LogP contribution in [0.25, 0.3) is 22.2 Å². The number of urea groups is 1. The normalized spacial score (nSPS) is 18.6. The van der Waals surface area contributed by atoms with Gasteiger partial charge in [0.15, 0.2) is 0 Å². The third-order valence-electron chi connectivity index (χ3n) is 5.45. The highest BCUT2D eigenvalue weighted by Gasteiger charge is 2.49. The van der Waals surface area contributed by atoms with Crippen LogP contribution in [-0.4, -0.2) is 27.0 Å². The van der Waals surface area contributed by atoms with Crippen LogP contribution in [0.1, 0.15) is 18.4 Å². The van der Waals surface area contributed by atoms with Gasteiger partial charge in [0.25, 0.3) is 5.91 Å². The summed E-state index contributed by atoms with van der Waals surface area (Å²) in [4.78, 5) is 27.0. The Kier molecular flexibility index (Phi) is 4.59. The van der Waals surface area contributed by atoms with Gasteiger partial charge in [0, 0.05) is 10.0 Å². The van der Waals surface area contributed by atoms with Gasteiger partial charge in [0.05, 0.1) is 0 Å². The summed E-state index contributed by atoms with van der Waals surface area (Å²) in [6.07, 6.45) is 0. The van der Waals surface area contributed by atoms with Crippen LogP contribution in [0.5, 0.6) is 0 Å². The number of imide groups is 1. The van der Waals surface area contributed by atoms with E-state index in [4.69, 9.17) is 4.42 Å². The van der Waals surface area contributed by atoms with E-state index in [1.807, 2.05) is 66.7 Å². The maximum absolute atomic E-state index is 13.2. The Bertz CT molecular complexity index is 1320. The molecule has 1 aliphatic heterocycles. The molecule has 3 aromatic carbocycles. The first-order valence-electron chi connectivity index (χ1n) is 9.66. The third kappa shape index (κ3) is 3.38. The number of hydrogen-bond donors (Lipinski definition) is 1. The van der Waals surface area contributed by atoms with Gasteiger partial charge < -0.3 is 9.73 Å². The first-order valence-corrected chi connectivity index (χ1v) is 10.4. The van der Waals surface area contributed by atoms with Crippen LogP contribution < -0.4 is 5.32 Å². The molecule has 4 aromatic rings. The number of aromatic nitrogens is 2. The van der Waals surface area contributed by atoms with Gasteiger partial charge in [-0.1, -0.05) is 52.3 Å². The fourth-order valence-electron chi connectivity index (χ4n) is 3.70. The second-order valence-corrected chi connectivity index (χ2v) is 8.43. The quantitative estimate of drug-likeness (QED) is 0.434. The number of hydrogen-bond acceptors (Lipinski definition) is 5. The third-order valence-corrected chi connectivity index (χ3v) is 5.98. The summed E-state index contributed by atoms with van der Waals surface area (Å²) in [6.45, 7) is 1.61. The molecule has 1 unspecified atom stereocenters. The van der Waals surface area contributed by atoms with E-state index < -0.39 is 11.6 Å². The van der Waals surface area contributed by atoms with Gasteiger partial charge in [-0.15, -0.1) is 10.2 Å². The first-order chi connectivity index (χ1) is 14.9. The molecular weight excluding hydrogens is 460 g/mol. The highest BCUT2D eigenvalue weighted by Crippen LogP contribution is 2.32. The van der Waals surface area contributed by atoms with Gasteiger partial charge in [0.2, 0.25) is 11.8 Å². The molecule has 1 atom stereocenters. The van der Waals surface area contributed by atoms with Gasteiger partial charge in [-0.3, -0.25) is 9.69 Å². The van der Waals surface area contributed by atoms with Crippen molar-refractivity contribution in [1.29, 1.82) is 0 Å².